The summed E-state index contributed by atoms with van der Waals surface area (Å²) in [7, 11) is -3.97. The van der Waals surface area contributed by atoms with Crippen LogP contribution < -0.4 is 5.32 Å². The molecule has 3 aromatic carbocycles. The third-order valence-corrected chi connectivity index (χ3v) is 6.70. The minimum absolute atomic E-state index is 0.00883. The smallest absolute Gasteiger partial charge is 0.243 e. The number of sulfonamides is 1. The zero-order chi connectivity index (χ0) is 21.7. The lowest BCUT2D eigenvalue weighted by Crippen LogP contribution is -2.37. The van der Waals surface area contributed by atoms with Crippen molar-refractivity contribution < 1.29 is 13.2 Å². The number of halogens is 3. The van der Waals surface area contributed by atoms with Crippen molar-refractivity contribution in [1.29, 1.82) is 0 Å². The van der Waals surface area contributed by atoms with Gasteiger partial charge in [0.05, 0.1) is 11.4 Å². The fourth-order valence-electron chi connectivity index (χ4n) is 2.70. The Morgan fingerprint density at radius 2 is 1.43 bits per heavy atom. The molecule has 0 unspecified atom stereocenters. The van der Waals surface area contributed by atoms with Gasteiger partial charge in [-0.05, 0) is 60.2 Å². The maximum absolute atomic E-state index is 13.2. The van der Waals surface area contributed by atoms with Crippen molar-refractivity contribution >= 4 is 56.4 Å². The van der Waals surface area contributed by atoms with Gasteiger partial charge in [-0.3, -0.25) is 4.79 Å². The van der Waals surface area contributed by atoms with Crippen molar-refractivity contribution in [3.63, 3.8) is 0 Å². The normalized spacial score (nSPS) is 11.5. The molecule has 0 aliphatic rings. The molecule has 3 aromatic rings. The summed E-state index contributed by atoms with van der Waals surface area (Å²) in [6, 6.07) is 19.1. The van der Waals surface area contributed by atoms with Crippen LogP contribution in [-0.2, 0) is 21.4 Å². The zero-order valence-corrected chi connectivity index (χ0v) is 18.6. The number of nitrogens with zero attached hydrogens (tertiary/aromatic N) is 1. The van der Waals surface area contributed by atoms with Crippen LogP contribution in [-0.4, -0.2) is 25.2 Å². The van der Waals surface area contributed by atoms with Gasteiger partial charge in [0.25, 0.3) is 0 Å². The van der Waals surface area contributed by atoms with Crippen LogP contribution >= 0.6 is 34.8 Å². The van der Waals surface area contributed by atoms with E-state index in [1.54, 1.807) is 48.5 Å². The second kappa shape index (κ2) is 9.81. The minimum Gasteiger partial charge on any atom is -0.325 e. The fraction of sp³-hybridized carbons (Fsp3) is 0.0952. The monoisotopic (exact) mass is 482 g/mol. The van der Waals surface area contributed by atoms with Crippen LogP contribution in [0.4, 0.5) is 5.69 Å². The Bertz CT molecular complexity index is 1130. The highest BCUT2D eigenvalue weighted by Gasteiger charge is 2.27. The topological polar surface area (TPSA) is 66.5 Å². The van der Waals surface area contributed by atoms with E-state index < -0.39 is 15.9 Å². The predicted molar refractivity (Wildman–Crippen MR) is 121 cm³/mol. The number of carbonyl (C=O) groups is 1. The third-order valence-electron chi connectivity index (χ3n) is 4.15. The quantitative estimate of drug-likeness (QED) is 0.484. The Hall–Kier alpha value is -2.09. The number of nitrogens with one attached hydrogen (secondary N) is 1. The Balaban J connectivity index is 1.87. The maximum atomic E-state index is 13.2. The largest absolute Gasteiger partial charge is 0.325 e. The van der Waals surface area contributed by atoms with E-state index in [0.29, 0.717) is 26.3 Å². The maximum Gasteiger partial charge on any atom is 0.243 e. The molecule has 0 heterocycles. The van der Waals surface area contributed by atoms with Gasteiger partial charge >= 0.3 is 0 Å². The molecular formula is C21H17Cl3N2O3S. The van der Waals surface area contributed by atoms with Crippen molar-refractivity contribution in [3.8, 4) is 0 Å². The first-order valence-electron chi connectivity index (χ1n) is 8.79. The summed E-state index contributed by atoms with van der Waals surface area (Å²) in [6.45, 7) is -0.398. The molecular weight excluding hydrogens is 467 g/mol. The number of anilines is 1. The number of rotatable bonds is 7. The first-order valence-corrected chi connectivity index (χ1v) is 11.4. The van der Waals surface area contributed by atoms with Gasteiger partial charge in [0.2, 0.25) is 15.9 Å². The minimum atomic E-state index is -3.97. The van der Waals surface area contributed by atoms with Gasteiger partial charge in [-0.1, -0.05) is 53.0 Å². The number of amides is 1. The molecule has 3 rings (SSSR count). The average molecular weight is 484 g/mol. The molecule has 1 amide bonds. The lowest BCUT2D eigenvalue weighted by Gasteiger charge is -2.22. The Morgan fingerprint density at radius 3 is 2.03 bits per heavy atom. The Labute approximate surface area is 190 Å². The molecule has 0 saturated heterocycles. The summed E-state index contributed by atoms with van der Waals surface area (Å²) in [5.41, 5.74) is 1.16. The highest BCUT2D eigenvalue weighted by atomic mass is 35.5. The summed E-state index contributed by atoms with van der Waals surface area (Å²) in [4.78, 5) is 12.6. The lowest BCUT2D eigenvalue weighted by molar-refractivity contribution is -0.116. The van der Waals surface area contributed by atoms with Gasteiger partial charge in [-0.25, -0.2) is 8.42 Å². The number of carbonyl (C=O) groups excluding carboxylic acids is 1. The van der Waals surface area contributed by atoms with Crippen molar-refractivity contribution in [1.82, 2.24) is 4.31 Å². The first-order chi connectivity index (χ1) is 14.2. The van der Waals surface area contributed by atoms with Crippen LogP contribution in [0.15, 0.2) is 77.7 Å². The molecule has 0 fully saturated rings. The molecule has 0 aliphatic heterocycles. The van der Waals surface area contributed by atoms with Crippen molar-refractivity contribution in [3.05, 3.63) is 93.4 Å². The van der Waals surface area contributed by atoms with E-state index in [1.165, 1.54) is 24.3 Å². The van der Waals surface area contributed by atoms with Gasteiger partial charge in [-0.2, -0.15) is 4.31 Å². The second-order valence-corrected chi connectivity index (χ2v) is 9.66. The van der Waals surface area contributed by atoms with E-state index in [-0.39, 0.29) is 18.0 Å². The Morgan fingerprint density at radius 1 is 0.833 bits per heavy atom. The van der Waals surface area contributed by atoms with E-state index in [1.807, 2.05) is 0 Å². The first kappa shape index (κ1) is 22.6. The molecule has 0 spiro atoms. The molecule has 0 bridgehead atoms. The van der Waals surface area contributed by atoms with Gasteiger partial charge in [0.15, 0.2) is 0 Å². The van der Waals surface area contributed by atoms with E-state index in [9.17, 15) is 13.2 Å². The summed E-state index contributed by atoms with van der Waals surface area (Å²) >= 11 is 17.7. The van der Waals surface area contributed by atoms with Gasteiger partial charge in [-0.15, -0.1) is 0 Å². The van der Waals surface area contributed by atoms with Crippen LogP contribution in [0.5, 0.6) is 0 Å². The summed E-state index contributed by atoms with van der Waals surface area (Å²) in [5, 5.41) is 4.07. The van der Waals surface area contributed by atoms with Crippen LogP contribution in [0.2, 0.25) is 15.1 Å². The van der Waals surface area contributed by atoms with Crippen molar-refractivity contribution in [2.24, 2.45) is 0 Å². The molecule has 0 aliphatic carbocycles. The SMILES string of the molecule is O=C(CN(Cc1ccc(Cl)cc1)S(=O)(=O)c1ccc(Cl)cc1)Nc1cccc(Cl)c1. The number of benzene rings is 3. The molecule has 1 N–H and O–H groups in total. The molecule has 0 atom stereocenters. The molecule has 156 valence electrons. The summed E-state index contributed by atoms with van der Waals surface area (Å²) < 4.78 is 27.5. The van der Waals surface area contributed by atoms with E-state index in [2.05, 4.69) is 5.32 Å². The fourth-order valence-corrected chi connectivity index (χ4v) is 4.53. The van der Waals surface area contributed by atoms with Gasteiger partial charge < -0.3 is 5.32 Å². The molecule has 0 aromatic heterocycles. The van der Waals surface area contributed by atoms with Crippen LogP contribution in [0.1, 0.15) is 5.56 Å². The van der Waals surface area contributed by atoms with Crippen molar-refractivity contribution in [2.45, 2.75) is 11.4 Å². The van der Waals surface area contributed by atoms with Crippen LogP contribution in [0.3, 0.4) is 0 Å². The highest BCUT2D eigenvalue weighted by Crippen LogP contribution is 2.22. The van der Waals surface area contributed by atoms with E-state index in [0.717, 1.165) is 4.31 Å². The molecule has 30 heavy (non-hydrogen) atoms. The highest BCUT2D eigenvalue weighted by molar-refractivity contribution is 7.89. The second-order valence-electron chi connectivity index (χ2n) is 6.41. The van der Waals surface area contributed by atoms with E-state index >= 15 is 0 Å². The predicted octanol–water partition coefficient (Wildman–Crippen LogP) is 5.48. The zero-order valence-electron chi connectivity index (χ0n) is 15.6. The molecule has 0 radical (unpaired) electrons. The van der Waals surface area contributed by atoms with Gasteiger partial charge in [0, 0.05) is 27.3 Å². The third kappa shape index (κ3) is 5.97. The van der Waals surface area contributed by atoms with Crippen LogP contribution in [0.25, 0.3) is 0 Å². The van der Waals surface area contributed by atoms with Crippen molar-refractivity contribution in [2.75, 3.05) is 11.9 Å². The standard InChI is InChI=1S/C21H17Cl3N2O3S/c22-16-6-4-15(5-7-16)13-26(30(28,29)20-10-8-17(23)9-11-20)14-21(27)25-19-3-1-2-18(24)12-19/h1-12H,13-14H2,(H,25,27). The number of hydrogen-bond donors (Lipinski definition) is 1. The van der Waals surface area contributed by atoms with E-state index in [4.69, 9.17) is 34.8 Å². The Kier molecular flexibility index (Phi) is 7.39. The lowest BCUT2D eigenvalue weighted by atomic mass is 10.2. The molecule has 5 nitrogen and oxygen atoms in total. The van der Waals surface area contributed by atoms with Crippen LogP contribution in [0, 0.1) is 0 Å². The average Bonchev–Trinajstić information content (AvgIpc) is 2.69. The molecule has 9 heteroatoms. The summed E-state index contributed by atoms with van der Waals surface area (Å²) in [6.07, 6.45) is 0. The van der Waals surface area contributed by atoms with Gasteiger partial charge in [0.1, 0.15) is 0 Å². The number of hydrogen-bond acceptors (Lipinski definition) is 3. The summed E-state index contributed by atoms with van der Waals surface area (Å²) in [5.74, 6) is -0.497. The molecule has 0 saturated carbocycles.